The summed E-state index contributed by atoms with van der Waals surface area (Å²) in [5, 5.41) is 12.8. The molecule has 2 heterocycles. The van der Waals surface area contributed by atoms with Crippen molar-refractivity contribution in [3.05, 3.63) is 73.1 Å². The summed E-state index contributed by atoms with van der Waals surface area (Å²) in [6, 6.07) is 18.0. The van der Waals surface area contributed by atoms with E-state index in [1.807, 2.05) is 53.1 Å². The van der Waals surface area contributed by atoms with Gasteiger partial charge < -0.3 is 9.88 Å². The van der Waals surface area contributed by atoms with E-state index < -0.39 is 0 Å². The van der Waals surface area contributed by atoms with Gasteiger partial charge in [-0.15, -0.1) is 28.5 Å². The minimum absolute atomic E-state index is 0.118. The molecule has 0 aliphatic carbocycles. The van der Waals surface area contributed by atoms with Crippen LogP contribution in [0, 0.1) is 0 Å². The number of carbonyl (C=O) groups excluding carboxylic acids is 1. The quantitative estimate of drug-likeness (QED) is 0.281. The summed E-state index contributed by atoms with van der Waals surface area (Å²) in [7, 11) is 0. The molecule has 9 heteroatoms. The van der Waals surface area contributed by atoms with E-state index in [-0.39, 0.29) is 11.7 Å². The number of amides is 1. The highest BCUT2D eigenvalue weighted by atomic mass is 32.2. The second kappa shape index (κ2) is 9.92. The number of carbonyl (C=O) groups is 1. The molecule has 0 bridgehead atoms. The van der Waals surface area contributed by atoms with E-state index in [9.17, 15) is 4.79 Å². The number of hydrogen-bond acceptors (Lipinski definition) is 7. The fourth-order valence-corrected chi connectivity index (χ4v) is 5.23. The topological polar surface area (TPSA) is 72.7 Å². The molecule has 2 aromatic heterocycles. The number of hydrogen-bond donors (Lipinski definition) is 1. The van der Waals surface area contributed by atoms with E-state index in [1.54, 1.807) is 11.8 Å². The standard InChI is InChI=1S/C21H19N5OS3/c1-2-12-26-18(13-28-15-8-4-3-5-9-15)24-25-21(26)29-14-19(27)23-20-22-16-10-6-7-11-17(16)30-20/h2-11H,1,12-14H2,(H,22,23,27). The zero-order chi connectivity index (χ0) is 20.8. The summed E-state index contributed by atoms with van der Waals surface area (Å²) in [5.41, 5.74) is 0.886. The maximum atomic E-state index is 12.4. The molecule has 152 valence electrons. The van der Waals surface area contributed by atoms with E-state index >= 15 is 0 Å². The third kappa shape index (κ3) is 5.10. The van der Waals surface area contributed by atoms with Gasteiger partial charge in [0.25, 0.3) is 0 Å². The maximum absolute atomic E-state index is 12.4. The number of aromatic nitrogens is 4. The van der Waals surface area contributed by atoms with Crippen molar-refractivity contribution in [1.29, 1.82) is 0 Å². The summed E-state index contributed by atoms with van der Waals surface area (Å²) < 4.78 is 3.05. The first-order valence-corrected chi connectivity index (χ1v) is 12.0. The molecule has 0 spiro atoms. The maximum Gasteiger partial charge on any atom is 0.236 e. The zero-order valence-electron chi connectivity index (χ0n) is 16.0. The Morgan fingerprint density at radius 2 is 1.90 bits per heavy atom. The first kappa shape index (κ1) is 20.6. The monoisotopic (exact) mass is 453 g/mol. The van der Waals surface area contributed by atoms with Crippen LogP contribution < -0.4 is 5.32 Å². The number of allylic oxidation sites excluding steroid dienone is 1. The Kier molecular flexibility index (Phi) is 6.83. The first-order valence-electron chi connectivity index (χ1n) is 9.22. The Balaban J connectivity index is 1.37. The molecular weight excluding hydrogens is 434 g/mol. The summed E-state index contributed by atoms with van der Waals surface area (Å²) in [6.07, 6.45) is 1.81. The largest absolute Gasteiger partial charge is 0.301 e. The molecular formula is C21H19N5OS3. The van der Waals surface area contributed by atoms with Gasteiger partial charge in [0.2, 0.25) is 5.91 Å². The van der Waals surface area contributed by atoms with Gasteiger partial charge in [-0.1, -0.05) is 59.5 Å². The van der Waals surface area contributed by atoms with Crippen LogP contribution in [0.4, 0.5) is 5.13 Å². The van der Waals surface area contributed by atoms with Crippen molar-refractivity contribution < 1.29 is 4.79 Å². The Bertz CT molecular complexity index is 1120. The second-order valence-electron chi connectivity index (χ2n) is 6.22. The van der Waals surface area contributed by atoms with E-state index in [0.29, 0.717) is 22.6 Å². The molecule has 2 aromatic carbocycles. The normalized spacial score (nSPS) is 10.9. The van der Waals surface area contributed by atoms with Crippen LogP contribution in [0.25, 0.3) is 10.2 Å². The van der Waals surface area contributed by atoms with Crippen molar-refractivity contribution in [3.8, 4) is 0 Å². The van der Waals surface area contributed by atoms with Crippen LogP contribution in [0.3, 0.4) is 0 Å². The van der Waals surface area contributed by atoms with Gasteiger partial charge >= 0.3 is 0 Å². The predicted molar refractivity (Wildman–Crippen MR) is 125 cm³/mol. The van der Waals surface area contributed by atoms with Gasteiger partial charge in [0.05, 0.1) is 21.7 Å². The Morgan fingerprint density at radius 1 is 1.10 bits per heavy atom. The highest BCUT2D eigenvalue weighted by Crippen LogP contribution is 2.27. The number of thiazole rings is 1. The van der Waals surface area contributed by atoms with Crippen LogP contribution in [-0.2, 0) is 17.1 Å². The van der Waals surface area contributed by atoms with Crippen LogP contribution in [0.1, 0.15) is 5.82 Å². The van der Waals surface area contributed by atoms with Gasteiger partial charge in [-0.25, -0.2) is 4.98 Å². The molecule has 1 N–H and O–H groups in total. The molecule has 1 amide bonds. The molecule has 0 aliphatic rings. The average Bonchev–Trinajstić information content (AvgIpc) is 3.35. The van der Waals surface area contributed by atoms with E-state index in [0.717, 1.165) is 16.0 Å². The summed E-state index contributed by atoms with van der Waals surface area (Å²) in [6.45, 7) is 4.43. The van der Waals surface area contributed by atoms with Gasteiger partial charge in [0, 0.05) is 11.4 Å². The van der Waals surface area contributed by atoms with Crippen molar-refractivity contribution in [2.45, 2.75) is 22.3 Å². The molecule has 0 radical (unpaired) electrons. The minimum Gasteiger partial charge on any atom is -0.301 e. The molecule has 0 saturated carbocycles. The first-order chi connectivity index (χ1) is 14.7. The Labute approximate surface area is 186 Å². The number of fused-ring (bicyclic) bond motifs is 1. The van der Waals surface area contributed by atoms with E-state index in [2.05, 4.69) is 39.2 Å². The number of nitrogens with zero attached hydrogens (tertiary/aromatic N) is 4. The lowest BCUT2D eigenvalue weighted by Crippen LogP contribution is -2.14. The average molecular weight is 454 g/mol. The smallest absolute Gasteiger partial charge is 0.236 e. The van der Waals surface area contributed by atoms with Crippen LogP contribution in [0.5, 0.6) is 0 Å². The van der Waals surface area contributed by atoms with Gasteiger partial charge in [0.1, 0.15) is 5.82 Å². The molecule has 30 heavy (non-hydrogen) atoms. The number of benzene rings is 2. The summed E-state index contributed by atoms with van der Waals surface area (Å²) >= 11 is 4.53. The van der Waals surface area contributed by atoms with Crippen molar-refractivity contribution in [2.75, 3.05) is 11.1 Å². The molecule has 0 atom stereocenters. The molecule has 6 nitrogen and oxygen atoms in total. The lowest BCUT2D eigenvalue weighted by Gasteiger charge is -2.07. The molecule has 4 rings (SSSR count). The fourth-order valence-electron chi connectivity index (χ4n) is 2.72. The molecule has 0 unspecified atom stereocenters. The van der Waals surface area contributed by atoms with Crippen LogP contribution in [-0.4, -0.2) is 31.4 Å². The SMILES string of the molecule is C=CCn1c(CSc2ccccc2)nnc1SCC(=O)Nc1nc2ccccc2s1. The van der Waals surface area contributed by atoms with Gasteiger partial charge in [0.15, 0.2) is 10.3 Å². The number of rotatable bonds is 9. The third-order valence-corrected chi connectivity index (χ3v) is 7.02. The van der Waals surface area contributed by atoms with Crippen molar-refractivity contribution in [3.63, 3.8) is 0 Å². The van der Waals surface area contributed by atoms with Crippen LogP contribution in [0.2, 0.25) is 0 Å². The summed E-state index contributed by atoms with van der Waals surface area (Å²) in [5.74, 6) is 1.67. The molecule has 4 aromatic rings. The Morgan fingerprint density at radius 3 is 2.70 bits per heavy atom. The number of para-hydroxylation sites is 1. The second-order valence-corrected chi connectivity index (χ2v) is 9.25. The van der Waals surface area contributed by atoms with E-state index in [1.165, 1.54) is 28.0 Å². The fraction of sp³-hybridized carbons (Fsp3) is 0.143. The highest BCUT2D eigenvalue weighted by molar-refractivity contribution is 7.99. The zero-order valence-corrected chi connectivity index (χ0v) is 18.5. The predicted octanol–water partition coefficient (Wildman–Crippen LogP) is 5.10. The summed E-state index contributed by atoms with van der Waals surface area (Å²) in [4.78, 5) is 18.0. The van der Waals surface area contributed by atoms with Crippen molar-refractivity contribution in [2.24, 2.45) is 0 Å². The molecule has 0 fully saturated rings. The minimum atomic E-state index is -0.118. The molecule has 0 saturated heterocycles. The van der Waals surface area contributed by atoms with Gasteiger partial charge in [-0.2, -0.15) is 0 Å². The van der Waals surface area contributed by atoms with Crippen LogP contribution in [0.15, 0.2) is 77.3 Å². The van der Waals surface area contributed by atoms with Gasteiger partial charge in [-0.05, 0) is 24.3 Å². The number of thioether (sulfide) groups is 2. The van der Waals surface area contributed by atoms with E-state index in [4.69, 9.17) is 0 Å². The number of anilines is 1. The number of nitrogens with one attached hydrogen (secondary N) is 1. The lowest BCUT2D eigenvalue weighted by molar-refractivity contribution is -0.113. The third-order valence-electron chi connectivity index (χ3n) is 4.09. The highest BCUT2D eigenvalue weighted by Gasteiger charge is 2.15. The molecule has 0 aliphatic heterocycles. The van der Waals surface area contributed by atoms with Crippen LogP contribution >= 0.6 is 34.9 Å². The van der Waals surface area contributed by atoms with Gasteiger partial charge in [-0.3, -0.25) is 4.79 Å². The Hall–Kier alpha value is -2.62. The van der Waals surface area contributed by atoms with Crippen molar-refractivity contribution in [1.82, 2.24) is 19.7 Å². The lowest BCUT2D eigenvalue weighted by atomic mass is 10.3. The van der Waals surface area contributed by atoms with Crippen molar-refractivity contribution >= 4 is 56.1 Å².